The van der Waals surface area contributed by atoms with Gasteiger partial charge in [0.05, 0.1) is 5.75 Å². The number of hydrogen-bond donors (Lipinski definition) is 5. The van der Waals surface area contributed by atoms with Gasteiger partial charge in [-0.1, -0.05) is 0 Å². The van der Waals surface area contributed by atoms with Gasteiger partial charge >= 0.3 is 27.7 Å². The molecular formula is C6H18LiNO6SSi. The summed E-state index contributed by atoms with van der Waals surface area (Å²) in [4.78, 5) is 25.9. The maximum Gasteiger partial charge on any atom is 1.00 e. The van der Waals surface area contributed by atoms with E-state index in [1.165, 1.54) is 0 Å². The summed E-state index contributed by atoms with van der Waals surface area (Å²) < 4.78 is 28.9. The molecule has 0 aliphatic carbocycles. The van der Waals surface area contributed by atoms with Gasteiger partial charge in [0.15, 0.2) is 0 Å². The van der Waals surface area contributed by atoms with Gasteiger partial charge in [-0.3, -0.25) is 4.55 Å². The molecule has 0 rings (SSSR count). The summed E-state index contributed by atoms with van der Waals surface area (Å²) in [6.07, 6.45) is 0.695. The molecule has 0 aromatic carbocycles. The van der Waals surface area contributed by atoms with Crippen molar-refractivity contribution in [3.8, 4) is 0 Å². The van der Waals surface area contributed by atoms with E-state index in [2.05, 4.69) is 5.32 Å². The van der Waals surface area contributed by atoms with E-state index in [0.717, 1.165) is 0 Å². The summed E-state index contributed by atoms with van der Waals surface area (Å²) in [5.41, 5.74) is 0. The van der Waals surface area contributed by atoms with Gasteiger partial charge in [-0.05, 0) is 25.9 Å². The first-order valence-corrected chi connectivity index (χ1v) is 8.19. The van der Waals surface area contributed by atoms with Crippen LogP contribution in [-0.4, -0.2) is 55.0 Å². The molecule has 0 saturated heterocycles. The number of nitrogens with one attached hydrogen (secondary N) is 1. The van der Waals surface area contributed by atoms with Crippen LogP contribution in [0, 0.1) is 0 Å². The summed E-state index contributed by atoms with van der Waals surface area (Å²) in [6.45, 7) is 0.874. The first-order chi connectivity index (χ1) is 6.71. The Bertz CT molecular complexity index is 272. The summed E-state index contributed by atoms with van der Waals surface area (Å²) in [7, 11) is -7.82. The molecule has 0 aromatic rings. The van der Waals surface area contributed by atoms with Crippen molar-refractivity contribution in [3.63, 3.8) is 0 Å². The largest absolute Gasteiger partial charge is 1.00 e. The molecule has 0 aliphatic rings. The summed E-state index contributed by atoms with van der Waals surface area (Å²) >= 11 is 0. The van der Waals surface area contributed by atoms with Crippen LogP contribution in [0.1, 0.15) is 14.3 Å². The van der Waals surface area contributed by atoms with Crippen molar-refractivity contribution in [2.24, 2.45) is 0 Å². The summed E-state index contributed by atoms with van der Waals surface area (Å²) in [5, 5.41) is 2.84. The van der Waals surface area contributed by atoms with Gasteiger partial charge in [-0.25, -0.2) is 0 Å². The minimum Gasteiger partial charge on any atom is -1.00 e. The average molecular weight is 267 g/mol. The SMILES string of the molecule is O=S(=O)(O)CCCNCCC[Si](O)(O)O.[H-].[Li+]. The molecule has 0 radical (unpaired) electrons. The van der Waals surface area contributed by atoms with E-state index < -0.39 is 18.9 Å². The van der Waals surface area contributed by atoms with Crippen LogP contribution in [0.3, 0.4) is 0 Å². The Labute approximate surface area is 110 Å². The predicted molar refractivity (Wildman–Crippen MR) is 56.8 cm³/mol. The van der Waals surface area contributed by atoms with Crippen molar-refractivity contribution in [1.82, 2.24) is 5.32 Å². The quantitative estimate of drug-likeness (QED) is 0.170. The molecule has 0 aromatic heterocycles. The van der Waals surface area contributed by atoms with Gasteiger partial charge in [0.25, 0.3) is 10.1 Å². The summed E-state index contributed by atoms with van der Waals surface area (Å²) in [6, 6.07) is -0.0434. The molecular weight excluding hydrogens is 249 g/mol. The molecule has 7 nitrogen and oxygen atoms in total. The van der Waals surface area contributed by atoms with Gasteiger partial charge in [-0.15, -0.1) is 0 Å². The zero-order valence-corrected chi connectivity index (χ0v) is 11.1. The third-order valence-corrected chi connectivity index (χ3v) is 3.45. The molecule has 0 amide bonds. The maximum absolute atomic E-state index is 10.3. The molecule has 0 atom stereocenters. The molecule has 5 N–H and O–H groups in total. The van der Waals surface area contributed by atoms with Crippen LogP contribution in [0.5, 0.6) is 0 Å². The molecule has 0 heterocycles. The normalized spacial score (nSPS) is 12.2. The first-order valence-electron chi connectivity index (χ1n) is 4.54. The molecule has 10 heteroatoms. The monoisotopic (exact) mass is 267 g/mol. The fourth-order valence-corrected chi connectivity index (χ4v) is 2.12. The van der Waals surface area contributed by atoms with Gasteiger partial charge in [0, 0.05) is 6.04 Å². The molecule has 0 fully saturated rings. The van der Waals surface area contributed by atoms with E-state index in [1.54, 1.807) is 0 Å². The molecule has 16 heavy (non-hydrogen) atoms. The van der Waals surface area contributed by atoms with Crippen molar-refractivity contribution >= 4 is 18.9 Å². The van der Waals surface area contributed by atoms with Crippen LogP contribution in [0.25, 0.3) is 0 Å². The van der Waals surface area contributed by atoms with E-state index in [9.17, 15) is 8.42 Å². The molecule has 0 saturated carbocycles. The first kappa shape index (κ1) is 18.9. The van der Waals surface area contributed by atoms with E-state index in [1.807, 2.05) is 0 Å². The average Bonchev–Trinajstić information content (AvgIpc) is 1.98. The standard InChI is InChI=1S/C6H17NO6SSi.Li.H/c8-14(9,10)5-1-3-7-4-2-6-15(11,12)13;;/h7,11-13H,1-6H2,(H,8,9,10);;/q;+1;-1. The molecule has 94 valence electrons. The van der Waals surface area contributed by atoms with Gasteiger partial charge < -0.3 is 21.1 Å². The van der Waals surface area contributed by atoms with E-state index in [0.29, 0.717) is 25.9 Å². The molecule has 0 bridgehead atoms. The predicted octanol–water partition coefficient (Wildman–Crippen LogP) is -4.72. The second-order valence-electron chi connectivity index (χ2n) is 3.27. The molecule has 0 unspecified atom stereocenters. The maximum atomic E-state index is 10.3. The van der Waals surface area contributed by atoms with Gasteiger partial charge in [0.1, 0.15) is 0 Å². The Morgan fingerprint density at radius 2 is 1.62 bits per heavy atom. The third-order valence-electron chi connectivity index (χ3n) is 1.62. The smallest absolute Gasteiger partial charge is 1.00 e. The van der Waals surface area contributed by atoms with E-state index in [4.69, 9.17) is 18.9 Å². The Hall–Kier alpha value is 0.564. The van der Waals surface area contributed by atoms with Crippen LogP contribution < -0.4 is 24.2 Å². The molecule has 0 aliphatic heterocycles. The van der Waals surface area contributed by atoms with Gasteiger partial charge in [-0.2, -0.15) is 8.42 Å². The van der Waals surface area contributed by atoms with Crippen LogP contribution in [0.2, 0.25) is 6.04 Å². The Morgan fingerprint density at radius 3 is 2.06 bits per heavy atom. The fraction of sp³-hybridized carbons (Fsp3) is 1.00. The van der Waals surface area contributed by atoms with Crippen LogP contribution in [0.4, 0.5) is 0 Å². The number of rotatable bonds is 8. The zero-order chi connectivity index (χ0) is 11.9. The Kier molecular flexibility index (Phi) is 10.2. The van der Waals surface area contributed by atoms with Gasteiger partial charge in [0.2, 0.25) is 0 Å². The number of hydrogen-bond acceptors (Lipinski definition) is 6. The fourth-order valence-electron chi connectivity index (χ4n) is 0.955. The van der Waals surface area contributed by atoms with Crippen molar-refractivity contribution in [2.75, 3.05) is 18.8 Å². The Balaban J connectivity index is -0.000000980. The second-order valence-corrected chi connectivity index (χ2v) is 6.89. The minimum absolute atomic E-state index is 0. The molecule has 0 spiro atoms. The van der Waals surface area contributed by atoms with Crippen LogP contribution >= 0.6 is 0 Å². The minimum atomic E-state index is -3.93. The van der Waals surface area contributed by atoms with Crippen molar-refractivity contribution in [3.05, 3.63) is 0 Å². The van der Waals surface area contributed by atoms with Crippen molar-refractivity contribution < 1.29 is 47.6 Å². The zero-order valence-electron chi connectivity index (χ0n) is 10.3. The topological polar surface area (TPSA) is 127 Å². The third kappa shape index (κ3) is 17.0. The van der Waals surface area contributed by atoms with Crippen molar-refractivity contribution in [1.29, 1.82) is 0 Å². The van der Waals surface area contributed by atoms with E-state index in [-0.39, 0.29) is 32.1 Å². The van der Waals surface area contributed by atoms with E-state index >= 15 is 0 Å². The second kappa shape index (κ2) is 8.63. The summed E-state index contributed by atoms with van der Waals surface area (Å²) in [5.74, 6) is -0.293. The Morgan fingerprint density at radius 1 is 1.12 bits per heavy atom. The van der Waals surface area contributed by atoms with Crippen LogP contribution in [0.15, 0.2) is 0 Å². The van der Waals surface area contributed by atoms with Crippen LogP contribution in [-0.2, 0) is 10.1 Å². The van der Waals surface area contributed by atoms with Crippen molar-refractivity contribution in [2.45, 2.75) is 18.9 Å².